The van der Waals surface area contributed by atoms with Gasteiger partial charge in [0.1, 0.15) is 0 Å². The summed E-state index contributed by atoms with van der Waals surface area (Å²) >= 11 is 0. The molecule has 6 nitrogen and oxygen atoms in total. The van der Waals surface area contributed by atoms with Crippen LogP contribution in [0.1, 0.15) is 38.5 Å². The first-order chi connectivity index (χ1) is 10.6. The molecule has 0 aromatic rings. The number of nitrogens with one attached hydrogen (secondary N) is 1. The third kappa shape index (κ3) is 4.58. The second-order valence-electron chi connectivity index (χ2n) is 6.90. The van der Waals surface area contributed by atoms with E-state index in [-0.39, 0.29) is 42.8 Å². The fourth-order valence-electron chi connectivity index (χ4n) is 3.54. The molecule has 0 bridgehead atoms. The standard InChI is InChI=1S/C16H27N3O3.ClH/c20-13-4-7-18(8-5-13)15(21)10-14-16(22)19(9-6-17-14)11-12-2-1-3-12;/h12-14,17,20H,1-11H2;1H. The fraction of sp³-hybridized carbons (Fsp3) is 0.875. The van der Waals surface area contributed by atoms with Gasteiger partial charge in [0, 0.05) is 32.7 Å². The van der Waals surface area contributed by atoms with Gasteiger partial charge in [-0.1, -0.05) is 6.42 Å². The Morgan fingerprint density at radius 3 is 2.48 bits per heavy atom. The summed E-state index contributed by atoms with van der Waals surface area (Å²) in [5.41, 5.74) is 0. The van der Waals surface area contributed by atoms with Gasteiger partial charge in [0.2, 0.25) is 11.8 Å². The number of halogens is 1. The average molecular weight is 346 g/mol. The molecule has 0 spiro atoms. The second-order valence-corrected chi connectivity index (χ2v) is 6.90. The van der Waals surface area contributed by atoms with E-state index in [0.717, 1.165) is 19.6 Å². The third-order valence-electron chi connectivity index (χ3n) is 5.28. The first-order valence-corrected chi connectivity index (χ1v) is 8.61. The SMILES string of the molecule is Cl.O=C(CC1NCCN(CC2CCC2)C1=O)N1CCC(O)CC1. The largest absolute Gasteiger partial charge is 0.393 e. The van der Waals surface area contributed by atoms with Crippen molar-refractivity contribution in [3.63, 3.8) is 0 Å². The van der Waals surface area contributed by atoms with Crippen molar-refractivity contribution >= 4 is 24.2 Å². The van der Waals surface area contributed by atoms with Crippen molar-refractivity contribution in [1.29, 1.82) is 0 Å². The van der Waals surface area contributed by atoms with E-state index < -0.39 is 0 Å². The maximum absolute atomic E-state index is 12.5. The molecule has 0 radical (unpaired) electrons. The van der Waals surface area contributed by atoms with Gasteiger partial charge in [-0.3, -0.25) is 9.59 Å². The van der Waals surface area contributed by atoms with Gasteiger partial charge in [-0.05, 0) is 31.6 Å². The maximum Gasteiger partial charge on any atom is 0.240 e. The van der Waals surface area contributed by atoms with Gasteiger partial charge >= 0.3 is 0 Å². The molecule has 1 atom stereocenters. The zero-order valence-corrected chi connectivity index (χ0v) is 14.4. The minimum absolute atomic E-state index is 0. The highest BCUT2D eigenvalue weighted by Crippen LogP contribution is 2.27. The number of hydrogen-bond acceptors (Lipinski definition) is 4. The van der Waals surface area contributed by atoms with Crippen molar-refractivity contribution in [2.75, 3.05) is 32.7 Å². The van der Waals surface area contributed by atoms with E-state index in [4.69, 9.17) is 0 Å². The predicted octanol–water partition coefficient (Wildman–Crippen LogP) is 0.382. The molecule has 2 saturated heterocycles. The first-order valence-electron chi connectivity index (χ1n) is 8.61. The molecule has 23 heavy (non-hydrogen) atoms. The van der Waals surface area contributed by atoms with Crippen LogP contribution < -0.4 is 5.32 Å². The molecule has 3 rings (SSSR count). The molecule has 1 saturated carbocycles. The van der Waals surface area contributed by atoms with Gasteiger partial charge < -0.3 is 20.2 Å². The van der Waals surface area contributed by atoms with Crippen LogP contribution in [0.3, 0.4) is 0 Å². The molecular weight excluding hydrogens is 318 g/mol. The molecule has 2 heterocycles. The topological polar surface area (TPSA) is 72.9 Å². The normalized spacial score (nSPS) is 26.7. The van der Waals surface area contributed by atoms with Crippen LogP contribution >= 0.6 is 12.4 Å². The van der Waals surface area contributed by atoms with E-state index in [2.05, 4.69) is 5.32 Å². The van der Waals surface area contributed by atoms with Crippen molar-refractivity contribution in [2.24, 2.45) is 5.92 Å². The van der Waals surface area contributed by atoms with E-state index in [1.807, 2.05) is 4.90 Å². The van der Waals surface area contributed by atoms with E-state index in [1.165, 1.54) is 19.3 Å². The number of piperazine rings is 1. The zero-order chi connectivity index (χ0) is 15.5. The highest BCUT2D eigenvalue weighted by molar-refractivity contribution is 5.89. The Labute approximate surface area is 144 Å². The molecular formula is C16H28ClN3O3. The minimum Gasteiger partial charge on any atom is -0.393 e. The number of hydrogen-bond donors (Lipinski definition) is 2. The lowest BCUT2D eigenvalue weighted by Gasteiger charge is -2.38. The van der Waals surface area contributed by atoms with Gasteiger partial charge in [-0.15, -0.1) is 12.4 Å². The molecule has 0 aromatic heterocycles. The lowest BCUT2D eigenvalue weighted by Crippen LogP contribution is -2.57. The molecule has 2 amide bonds. The Kier molecular flexibility index (Phi) is 6.68. The number of carbonyl (C=O) groups excluding carboxylic acids is 2. The molecule has 2 N–H and O–H groups in total. The van der Waals surface area contributed by atoms with Crippen LogP contribution in [0.2, 0.25) is 0 Å². The molecule has 132 valence electrons. The molecule has 2 aliphatic heterocycles. The van der Waals surface area contributed by atoms with Crippen molar-refractivity contribution in [3.8, 4) is 0 Å². The Morgan fingerprint density at radius 2 is 1.87 bits per heavy atom. The van der Waals surface area contributed by atoms with E-state index in [9.17, 15) is 14.7 Å². The molecule has 3 aliphatic rings. The zero-order valence-electron chi connectivity index (χ0n) is 13.6. The van der Waals surface area contributed by atoms with Gasteiger partial charge in [0.15, 0.2) is 0 Å². The summed E-state index contributed by atoms with van der Waals surface area (Å²) in [7, 11) is 0. The minimum atomic E-state index is -0.367. The van der Waals surface area contributed by atoms with Crippen LogP contribution in [0.5, 0.6) is 0 Å². The highest BCUT2D eigenvalue weighted by Gasteiger charge is 2.33. The molecule has 1 aliphatic carbocycles. The van der Waals surface area contributed by atoms with Crippen LogP contribution in [-0.4, -0.2) is 71.6 Å². The molecule has 0 aromatic carbocycles. The van der Waals surface area contributed by atoms with Crippen LogP contribution in [0, 0.1) is 5.92 Å². The summed E-state index contributed by atoms with van der Waals surface area (Å²) in [4.78, 5) is 28.6. The number of aliphatic hydroxyl groups excluding tert-OH is 1. The Morgan fingerprint density at radius 1 is 1.17 bits per heavy atom. The summed E-state index contributed by atoms with van der Waals surface area (Å²) in [6.07, 6.45) is 5.01. The number of likely N-dealkylation sites (tertiary alicyclic amines) is 1. The van der Waals surface area contributed by atoms with E-state index in [1.54, 1.807) is 4.90 Å². The monoisotopic (exact) mass is 345 g/mol. The Bertz CT molecular complexity index is 423. The van der Waals surface area contributed by atoms with Gasteiger partial charge in [0.05, 0.1) is 18.6 Å². The first kappa shape index (κ1) is 18.5. The number of carbonyl (C=O) groups is 2. The van der Waals surface area contributed by atoms with Gasteiger partial charge in [-0.25, -0.2) is 0 Å². The quantitative estimate of drug-likeness (QED) is 0.772. The fourth-order valence-corrected chi connectivity index (χ4v) is 3.54. The van der Waals surface area contributed by atoms with Gasteiger partial charge in [-0.2, -0.15) is 0 Å². The summed E-state index contributed by atoms with van der Waals surface area (Å²) in [5.74, 6) is 0.786. The van der Waals surface area contributed by atoms with Crippen LogP contribution in [0.25, 0.3) is 0 Å². The summed E-state index contributed by atoms with van der Waals surface area (Å²) in [5, 5.41) is 12.7. The van der Waals surface area contributed by atoms with Crippen LogP contribution in [0.4, 0.5) is 0 Å². The third-order valence-corrected chi connectivity index (χ3v) is 5.28. The van der Waals surface area contributed by atoms with E-state index >= 15 is 0 Å². The van der Waals surface area contributed by atoms with Crippen LogP contribution in [0.15, 0.2) is 0 Å². The molecule has 1 unspecified atom stereocenters. The lowest BCUT2D eigenvalue weighted by molar-refractivity contribution is -0.142. The number of amides is 2. The number of nitrogens with zero attached hydrogens (tertiary/aromatic N) is 2. The van der Waals surface area contributed by atoms with Crippen molar-refractivity contribution in [1.82, 2.24) is 15.1 Å². The molecule has 7 heteroatoms. The predicted molar refractivity (Wildman–Crippen MR) is 89.4 cm³/mol. The number of aliphatic hydroxyl groups is 1. The Hall–Kier alpha value is -0.850. The smallest absolute Gasteiger partial charge is 0.240 e. The average Bonchev–Trinajstić information content (AvgIpc) is 2.47. The molecule has 3 fully saturated rings. The van der Waals surface area contributed by atoms with Crippen molar-refractivity contribution < 1.29 is 14.7 Å². The second kappa shape index (κ2) is 8.31. The summed E-state index contributed by atoms with van der Waals surface area (Å²) < 4.78 is 0. The highest BCUT2D eigenvalue weighted by atomic mass is 35.5. The lowest BCUT2D eigenvalue weighted by atomic mass is 9.85. The summed E-state index contributed by atoms with van der Waals surface area (Å²) in [6, 6.07) is -0.367. The van der Waals surface area contributed by atoms with Crippen molar-refractivity contribution in [3.05, 3.63) is 0 Å². The number of piperidine rings is 1. The maximum atomic E-state index is 12.5. The Balaban J connectivity index is 0.00000192. The van der Waals surface area contributed by atoms with Crippen LogP contribution in [-0.2, 0) is 9.59 Å². The van der Waals surface area contributed by atoms with Crippen molar-refractivity contribution in [2.45, 2.75) is 50.7 Å². The summed E-state index contributed by atoms with van der Waals surface area (Å²) in [6.45, 7) is 3.60. The number of rotatable bonds is 4. The van der Waals surface area contributed by atoms with E-state index in [0.29, 0.717) is 31.8 Å². The van der Waals surface area contributed by atoms with Gasteiger partial charge in [0.25, 0.3) is 0 Å².